The number of esters is 1. The van der Waals surface area contributed by atoms with E-state index in [0.29, 0.717) is 4.88 Å². The van der Waals surface area contributed by atoms with Gasteiger partial charge in [0.1, 0.15) is 4.88 Å². The molecular formula is C12H12N2O2S. The molecule has 88 valence electrons. The number of thiophene rings is 1. The summed E-state index contributed by atoms with van der Waals surface area (Å²) < 4.78 is 4.69. The largest absolute Gasteiger partial charge is 0.465 e. The Bertz CT molecular complexity index is 537. The molecule has 5 heteroatoms. The van der Waals surface area contributed by atoms with Crippen molar-refractivity contribution in [2.45, 2.75) is 0 Å². The summed E-state index contributed by atoms with van der Waals surface area (Å²) in [6.45, 7) is 0. The number of methoxy groups -OCH3 is 1. The number of carbonyl (C=O) groups excluding carboxylic acids is 1. The normalized spacial score (nSPS) is 10.0. The van der Waals surface area contributed by atoms with Crippen LogP contribution in [0.2, 0.25) is 0 Å². The summed E-state index contributed by atoms with van der Waals surface area (Å²) in [4.78, 5) is 17.0. The van der Waals surface area contributed by atoms with E-state index < -0.39 is 0 Å². The van der Waals surface area contributed by atoms with Crippen molar-refractivity contribution < 1.29 is 9.53 Å². The highest BCUT2D eigenvalue weighted by atomic mass is 32.1. The summed E-state index contributed by atoms with van der Waals surface area (Å²) in [5.74, 6) is -0.304. The smallest absolute Gasteiger partial charge is 0.348 e. The van der Waals surface area contributed by atoms with Crippen molar-refractivity contribution in [3.63, 3.8) is 0 Å². The quantitative estimate of drug-likeness (QED) is 0.848. The molecule has 0 saturated heterocycles. The van der Waals surface area contributed by atoms with E-state index in [1.54, 1.807) is 18.5 Å². The molecule has 2 rings (SSSR count). The van der Waals surface area contributed by atoms with Crippen molar-refractivity contribution in [1.82, 2.24) is 4.98 Å². The van der Waals surface area contributed by atoms with Crippen LogP contribution in [0.15, 0.2) is 30.6 Å². The first kappa shape index (κ1) is 11.6. The number of pyridine rings is 1. The molecule has 2 aromatic heterocycles. The molecular weight excluding hydrogens is 236 g/mol. The minimum atomic E-state index is -0.304. The number of carbonyl (C=O) groups is 1. The number of ether oxygens (including phenoxy) is 1. The lowest BCUT2D eigenvalue weighted by molar-refractivity contribution is 0.0606. The lowest BCUT2D eigenvalue weighted by atomic mass is 10.2. The molecule has 0 unspecified atom stereocenters. The standard InChI is InChI=1S/C12H12N2O2S/c1-13-9-7-14-6-5-8(9)10-3-4-11(17-10)12(15)16-2/h3-7,13H,1-2H3. The van der Waals surface area contributed by atoms with Gasteiger partial charge in [-0.15, -0.1) is 11.3 Å². The summed E-state index contributed by atoms with van der Waals surface area (Å²) >= 11 is 1.41. The molecule has 4 nitrogen and oxygen atoms in total. The van der Waals surface area contributed by atoms with Crippen LogP contribution in [0.4, 0.5) is 5.69 Å². The van der Waals surface area contributed by atoms with E-state index >= 15 is 0 Å². The summed E-state index contributed by atoms with van der Waals surface area (Å²) in [5, 5.41) is 3.07. The van der Waals surface area contributed by atoms with Gasteiger partial charge in [0.05, 0.1) is 19.0 Å². The molecule has 0 aliphatic heterocycles. The maximum atomic E-state index is 11.4. The van der Waals surface area contributed by atoms with Gasteiger partial charge in [0.15, 0.2) is 0 Å². The molecule has 0 atom stereocenters. The highest BCUT2D eigenvalue weighted by Gasteiger charge is 2.11. The van der Waals surface area contributed by atoms with Crippen LogP contribution in [0.3, 0.4) is 0 Å². The van der Waals surface area contributed by atoms with E-state index in [2.05, 4.69) is 15.0 Å². The zero-order chi connectivity index (χ0) is 12.3. The van der Waals surface area contributed by atoms with E-state index in [-0.39, 0.29) is 5.97 Å². The minimum Gasteiger partial charge on any atom is -0.465 e. The molecule has 1 N–H and O–H groups in total. The Kier molecular flexibility index (Phi) is 3.39. The van der Waals surface area contributed by atoms with Crippen molar-refractivity contribution in [3.8, 4) is 10.4 Å². The van der Waals surface area contributed by atoms with Crippen LogP contribution < -0.4 is 5.32 Å². The van der Waals surface area contributed by atoms with Crippen LogP contribution in [-0.4, -0.2) is 25.1 Å². The molecule has 0 bridgehead atoms. The Balaban J connectivity index is 2.40. The highest BCUT2D eigenvalue weighted by Crippen LogP contribution is 2.32. The first-order chi connectivity index (χ1) is 8.26. The van der Waals surface area contributed by atoms with E-state index in [1.807, 2.05) is 19.2 Å². The van der Waals surface area contributed by atoms with Crippen LogP contribution >= 0.6 is 11.3 Å². The third kappa shape index (κ3) is 2.29. The molecule has 0 spiro atoms. The van der Waals surface area contributed by atoms with Crippen LogP contribution in [-0.2, 0) is 4.74 Å². The predicted molar refractivity (Wildman–Crippen MR) is 68.4 cm³/mol. The van der Waals surface area contributed by atoms with Gasteiger partial charge in [-0.1, -0.05) is 0 Å². The lowest BCUT2D eigenvalue weighted by Crippen LogP contribution is -1.96. The topological polar surface area (TPSA) is 51.2 Å². The van der Waals surface area contributed by atoms with Crippen molar-refractivity contribution in [3.05, 3.63) is 35.5 Å². The fraction of sp³-hybridized carbons (Fsp3) is 0.167. The van der Waals surface area contributed by atoms with E-state index in [9.17, 15) is 4.79 Å². The van der Waals surface area contributed by atoms with Crippen molar-refractivity contribution in [2.24, 2.45) is 0 Å². The maximum absolute atomic E-state index is 11.4. The van der Waals surface area contributed by atoms with Gasteiger partial charge >= 0.3 is 5.97 Å². The van der Waals surface area contributed by atoms with Crippen molar-refractivity contribution in [1.29, 1.82) is 0 Å². The number of hydrogen-bond donors (Lipinski definition) is 1. The highest BCUT2D eigenvalue weighted by molar-refractivity contribution is 7.17. The molecule has 2 aromatic rings. The third-order valence-corrected chi connectivity index (χ3v) is 3.45. The second-order valence-corrected chi connectivity index (χ2v) is 4.41. The van der Waals surface area contributed by atoms with Crippen LogP contribution in [0, 0.1) is 0 Å². The Labute approximate surface area is 103 Å². The Morgan fingerprint density at radius 2 is 2.24 bits per heavy atom. The van der Waals surface area contributed by atoms with Crippen LogP contribution in [0.25, 0.3) is 10.4 Å². The third-order valence-electron chi connectivity index (χ3n) is 2.35. The number of nitrogens with one attached hydrogen (secondary N) is 1. The van der Waals surface area contributed by atoms with Gasteiger partial charge in [-0.25, -0.2) is 4.79 Å². The fourth-order valence-electron chi connectivity index (χ4n) is 1.50. The molecule has 0 aromatic carbocycles. The van der Waals surface area contributed by atoms with Crippen LogP contribution in [0.1, 0.15) is 9.67 Å². The number of hydrogen-bond acceptors (Lipinski definition) is 5. The number of rotatable bonds is 3. The predicted octanol–water partition coefficient (Wildman–Crippen LogP) is 2.64. The maximum Gasteiger partial charge on any atom is 0.348 e. The SMILES string of the molecule is CNc1cnccc1-c1ccc(C(=O)OC)s1. The van der Waals surface area contributed by atoms with Gasteiger partial charge < -0.3 is 10.1 Å². The summed E-state index contributed by atoms with van der Waals surface area (Å²) in [5.41, 5.74) is 1.97. The lowest BCUT2D eigenvalue weighted by Gasteiger charge is -2.05. The van der Waals surface area contributed by atoms with E-state index in [0.717, 1.165) is 16.1 Å². The van der Waals surface area contributed by atoms with Gasteiger partial charge in [0.25, 0.3) is 0 Å². The van der Waals surface area contributed by atoms with Gasteiger partial charge in [0, 0.05) is 23.7 Å². The van der Waals surface area contributed by atoms with Crippen molar-refractivity contribution in [2.75, 3.05) is 19.5 Å². The van der Waals surface area contributed by atoms with E-state index in [4.69, 9.17) is 0 Å². The first-order valence-corrected chi connectivity index (χ1v) is 5.88. The zero-order valence-electron chi connectivity index (χ0n) is 9.56. The minimum absolute atomic E-state index is 0.304. The number of nitrogens with zero attached hydrogens (tertiary/aromatic N) is 1. The average molecular weight is 248 g/mol. The summed E-state index contributed by atoms with van der Waals surface area (Å²) in [7, 11) is 3.22. The molecule has 0 aliphatic rings. The van der Waals surface area contributed by atoms with Crippen LogP contribution in [0.5, 0.6) is 0 Å². The Morgan fingerprint density at radius 1 is 1.41 bits per heavy atom. The summed E-state index contributed by atoms with van der Waals surface area (Å²) in [6.07, 6.45) is 3.49. The second-order valence-electron chi connectivity index (χ2n) is 3.33. The molecule has 17 heavy (non-hydrogen) atoms. The molecule has 2 heterocycles. The van der Waals surface area contributed by atoms with Gasteiger partial charge in [-0.3, -0.25) is 4.98 Å². The monoisotopic (exact) mass is 248 g/mol. The molecule has 0 radical (unpaired) electrons. The number of aromatic nitrogens is 1. The molecule has 0 amide bonds. The average Bonchev–Trinajstić information content (AvgIpc) is 2.87. The van der Waals surface area contributed by atoms with Gasteiger partial charge in [0.2, 0.25) is 0 Å². The Hall–Kier alpha value is -1.88. The van der Waals surface area contributed by atoms with Gasteiger partial charge in [-0.2, -0.15) is 0 Å². The van der Waals surface area contributed by atoms with Gasteiger partial charge in [-0.05, 0) is 18.2 Å². The molecule has 0 fully saturated rings. The first-order valence-electron chi connectivity index (χ1n) is 5.06. The second kappa shape index (κ2) is 4.97. The zero-order valence-corrected chi connectivity index (χ0v) is 10.4. The summed E-state index contributed by atoms with van der Waals surface area (Å²) in [6, 6.07) is 5.59. The fourth-order valence-corrected chi connectivity index (χ4v) is 2.47. The van der Waals surface area contributed by atoms with E-state index in [1.165, 1.54) is 18.4 Å². The van der Waals surface area contributed by atoms with Crippen molar-refractivity contribution >= 4 is 23.0 Å². The number of anilines is 1. The Morgan fingerprint density at radius 3 is 2.94 bits per heavy atom. The molecule has 0 saturated carbocycles. The molecule has 0 aliphatic carbocycles.